The Bertz CT molecular complexity index is 1140. The van der Waals surface area contributed by atoms with E-state index >= 15 is 0 Å². The summed E-state index contributed by atoms with van der Waals surface area (Å²) in [5, 5.41) is 11.7. The average molecular weight is 393 g/mol. The molecule has 0 bridgehead atoms. The number of nitrogens with one attached hydrogen (secondary N) is 1. The molecule has 2 unspecified atom stereocenters. The minimum Gasteiger partial charge on any atom is -0.504 e. The molecule has 0 aliphatic carbocycles. The molecule has 3 aromatic rings. The van der Waals surface area contributed by atoms with Crippen molar-refractivity contribution < 1.29 is 14.6 Å². The molecule has 142 valence electrons. The fourth-order valence-corrected chi connectivity index (χ4v) is 4.74. The molecule has 1 saturated heterocycles. The minimum atomic E-state index is -0.339. The molecule has 7 heteroatoms. The van der Waals surface area contributed by atoms with Crippen LogP contribution < -0.4 is 4.74 Å². The van der Waals surface area contributed by atoms with Gasteiger partial charge < -0.3 is 19.7 Å². The lowest BCUT2D eigenvalue weighted by atomic mass is 9.89. The van der Waals surface area contributed by atoms with Gasteiger partial charge in [0, 0.05) is 30.1 Å². The molecule has 3 heterocycles. The number of methoxy groups -OCH3 is 1. The van der Waals surface area contributed by atoms with Gasteiger partial charge in [0.2, 0.25) is 0 Å². The highest BCUT2D eigenvalue weighted by Crippen LogP contribution is 2.45. The third-order valence-corrected chi connectivity index (χ3v) is 6.26. The van der Waals surface area contributed by atoms with Gasteiger partial charge in [-0.2, -0.15) is 0 Å². The number of aromatic hydroxyl groups is 1. The predicted molar refractivity (Wildman–Crippen MR) is 109 cm³/mol. The average Bonchev–Trinajstić information content (AvgIpc) is 3.18. The molecule has 1 fully saturated rings. The van der Waals surface area contributed by atoms with Gasteiger partial charge in [0.05, 0.1) is 13.2 Å². The second kappa shape index (κ2) is 5.97. The van der Waals surface area contributed by atoms with Crippen molar-refractivity contribution in [3.63, 3.8) is 0 Å². The van der Waals surface area contributed by atoms with Crippen molar-refractivity contribution in [3.05, 3.63) is 59.3 Å². The molecule has 0 saturated carbocycles. The summed E-state index contributed by atoms with van der Waals surface area (Å²) in [5.74, 6) is 0.478. The first-order chi connectivity index (χ1) is 13.5. The molecule has 1 amide bonds. The van der Waals surface area contributed by atoms with Crippen molar-refractivity contribution in [2.24, 2.45) is 0 Å². The first kappa shape index (κ1) is 17.1. The van der Waals surface area contributed by atoms with Gasteiger partial charge in [-0.25, -0.2) is 0 Å². The summed E-state index contributed by atoms with van der Waals surface area (Å²) in [6.07, 6.45) is 0.606. The first-order valence-electron chi connectivity index (χ1n) is 9.07. The second-order valence-corrected chi connectivity index (χ2v) is 7.57. The number of fused-ring (bicyclic) bond motifs is 4. The van der Waals surface area contributed by atoms with Crippen LogP contribution in [0.1, 0.15) is 22.9 Å². The van der Waals surface area contributed by atoms with Crippen LogP contribution in [0.2, 0.25) is 0 Å². The molecule has 2 aromatic carbocycles. The molecule has 2 aliphatic heterocycles. The molecular weight excluding hydrogens is 374 g/mol. The number of para-hydroxylation sites is 1. The van der Waals surface area contributed by atoms with Crippen LogP contribution in [0, 0.1) is 0 Å². The molecule has 0 radical (unpaired) electrons. The van der Waals surface area contributed by atoms with Gasteiger partial charge >= 0.3 is 0 Å². The van der Waals surface area contributed by atoms with E-state index in [9.17, 15) is 9.90 Å². The maximum atomic E-state index is 12.9. The van der Waals surface area contributed by atoms with Gasteiger partial charge in [0.15, 0.2) is 16.6 Å². The summed E-state index contributed by atoms with van der Waals surface area (Å²) in [6, 6.07) is 12.8. The number of ether oxygens (including phenoxy) is 1. The molecule has 2 atom stereocenters. The number of nitrogens with zero attached hydrogens (tertiary/aromatic N) is 2. The Balaban J connectivity index is 1.77. The number of hydrogen-bond acceptors (Lipinski definition) is 4. The monoisotopic (exact) mass is 393 g/mol. The van der Waals surface area contributed by atoms with Crippen LogP contribution in [0.4, 0.5) is 0 Å². The summed E-state index contributed by atoms with van der Waals surface area (Å²) >= 11 is 5.63. The van der Waals surface area contributed by atoms with E-state index in [2.05, 4.69) is 11.1 Å². The van der Waals surface area contributed by atoms with Crippen molar-refractivity contribution in [3.8, 4) is 11.5 Å². The third-order valence-electron chi connectivity index (χ3n) is 5.77. The number of hydrogen-bond donors (Lipinski definition) is 2. The van der Waals surface area contributed by atoms with E-state index in [4.69, 9.17) is 17.0 Å². The number of H-pyrrole nitrogens is 1. The second-order valence-electron chi connectivity index (χ2n) is 7.20. The van der Waals surface area contributed by atoms with Crippen LogP contribution in [0.5, 0.6) is 11.5 Å². The summed E-state index contributed by atoms with van der Waals surface area (Å²) in [7, 11) is 3.25. The van der Waals surface area contributed by atoms with Gasteiger partial charge in [-0.3, -0.25) is 9.69 Å². The number of amides is 1. The van der Waals surface area contributed by atoms with E-state index in [1.54, 1.807) is 18.0 Å². The molecule has 5 rings (SSSR count). The maximum Gasteiger partial charge on any atom is 0.251 e. The molecule has 28 heavy (non-hydrogen) atoms. The molecule has 6 nitrogen and oxygen atoms in total. The fourth-order valence-electron chi connectivity index (χ4n) is 4.42. The summed E-state index contributed by atoms with van der Waals surface area (Å²) < 4.78 is 5.31. The van der Waals surface area contributed by atoms with Crippen LogP contribution >= 0.6 is 12.2 Å². The summed E-state index contributed by atoms with van der Waals surface area (Å²) in [4.78, 5) is 20.0. The molecule has 1 aromatic heterocycles. The van der Waals surface area contributed by atoms with Crippen LogP contribution in [0.3, 0.4) is 0 Å². The normalized spacial score (nSPS) is 21.2. The number of likely N-dealkylation sites (N-methyl/N-ethyl adjacent to an activating group) is 1. The number of benzene rings is 2. The Morgan fingerprint density at radius 3 is 2.82 bits per heavy atom. The molecule has 0 spiro atoms. The zero-order valence-electron chi connectivity index (χ0n) is 15.5. The Hall–Kier alpha value is -3.06. The van der Waals surface area contributed by atoms with Crippen LogP contribution in [-0.4, -0.2) is 51.1 Å². The van der Waals surface area contributed by atoms with Gasteiger partial charge in [-0.15, -0.1) is 0 Å². The first-order valence-corrected chi connectivity index (χ1v) is 9.48. The maximum absolute atomic E-state index is 12.9. The van der Waals surface area contributed by atoms with E-state index in [0.717, 1.165) is 27.7 Å². The van der Waals surface area contributed by atoms with Crippen molar-refractivity contribution in [1.29, 1.82) is 0 Å². The van der Waals surface area contributed by atoms with Crippen LogP contribution in [0.25, 0.3) is 10.9 Å². The lowest BCUT2D eigenvalue weighted by molar-refractivity contribution is -0.127. The highest BCUT2D eigenvalue weighted by molar-refractivity contribution is 7.80. The lowest BCUT2D eigenvalue weighted by Gasteiger charge is -2.37. The Morgan fingerprint density at radius 1 is 1.25 bits per heavy atom. The standard InChI is InChI=1S/C21H19N3O3S/c1-23-20(26)15-10-13-12-5-3-4-6-14(12)22-18(13)19(24(15)21(23)28)11-7-8-16(25)17(9-11)27-2/h3-9,15,19,22,25H,10H2,1-2H3. The Morgan fingerprint density at radius 2 is 2.04 bits per heavy atom. The van der Waals surface area contributed by atoms with Gasteiger partial charge in [0.25, 0.3) is 5.91 Å². The van der Waals surface area contributed by atoms with E-state index in [0.29, 0.717) is 17.3 Å². The Kier molecular flexibility index (Phi) is 3.64. The van der Waals surface area contributed by atoms with E-state index in [1.807, 2.05) is 35.2 Å². The highest BCUT2D eigenvalue weighted by Gasteiger charge is 2.49. The summed E-state index contributed by atoms with van der Waals surface area (Å²) in [6.45, 7) is 0. The van der Waals surface area contributed by atoms with Crippen LogP contribution in [0.15, 0.2) is 42.5 Å². The molecule has 2 aliphatic rings. The van der Waals surface area contributed by atoms with Crippen molar-refractivity contribution in [2.75, 3.05) is 14.2 Å². The number of carbonyl (C=O) groups excluding carboxylic acids is 1. The third kappa shape index (κ3) is 2.19. The Labute approximate surface area is 167 Å². The lowest BCUT2D eigenvalue weighted by Crippen LogP contribution is -2.44. The number of thiocarbonyl (C=S) groups is 1. The number of aromatic amines is 1. The fraction of sp³-hybridized carbons (Fsp3) is 0.238. The van der Waals surface area contributed by atoms with E-state index in [-0.39, 0.29) is 23.7 Å². The molecule has 2 N–H and O–H groups in total. The number of carbonyl (C=O) groups is 1. The topological polar surface area (TPSA) is 68.8 Å². The van der Waals surface area contributed by atoms with Crippen molar-refractivity contribution in [2.45, 2.75) is 18.5 Å². The smallest absolute Gasteiger partial charge is 0.251 e. The summed E-state index contributed by atoms with van der Waals surface area (Å²) in [5.41, 5.74) is 4.10. The minimum absolute atomic E-state index is 0.0108. The predicted octanol–water partition coefficient (Wildman–Crippen LogP) is 2.96. The zero-order chi connectivity index (χ0) is 19.6. The zero-order valence-corrected chi connectivity index (χ0v) is 16.3. The largest absolute Gasteiger partial charge is 0.504 e. The number of aromatic nitrogens is 1. The number of phenolic OH excluding ortho intramolecular Hbond substituents is 1. The van der Waals surface area contributed by atoms with Gasteiger partial charge in [-0.1, -0.05) is 24.3 Å². The van der Waals surface area contributed by atoms with Gasteiger partial charge in [0.1, 0.15) is 6.04 Å². The van der Waals surface area contributed by atoms with Crippen LogP contribution in [-0.2, 0) is 11.2 Å². The SMILES string of the molecule is COc1cc(C2c3[nH]c4ccccc4c3CC3C(=O)N(C)C(=S)N32)ccc1O. The van der Waals surface area contributed by atoms with Crippen molar-refractivity contribution in [1.82, 2.24) is 14.8 Å². The number of phenols is 1. The highest BCUT2D eigenvalue weighted by atomic mass is 32.1. The number of rotatable bonds is 2. The molecular formula is C21H19N3O3S. The van der Waals surface area contributed by atoms with Crippen molar-refractivity contribution >= 4 is 34.1 Å². The van der Waals surface area contributed by atoms with Gasteiger partial charge in [-0.05, 0) is 41.5 Å². The van der Waals surface area contributed by atoms with E-state index in [1.165, 1.54) is 7.11 Å². The quantitative estimate of drug-likeness (QED) is 0.655. The van der Waals surface area contributed by atoms with E-state index < -0.39 is 0 Å².